The summed E-state index contributed by atoms with van der Waals surface area (Å²) < 4.78 is 35.8. The van der Waals surface area contributed by atoms with Crippen LogP contribution in [0.1, 0.15) is 16.8 Å². The molecule has 3 rings (SSSR count). The highest BCUT2D eigenvalue weighted by atomic mass is 19.3. The lowest BCUT2D eigenvalue weighted by Gasteiger charge is -2.10. The highest BCUT2D eigenvalue weighted by Gasteiger charge is 2.12. The van der Waals surface area contributed by atoms with Crippen molar-refractivity contribution in [2.24, 2.45) is 0 Å². The van der Waals surface area contributed by atoms with Crippen LogP contribution in [0, 0.1) is 26.7 Å². The average Bonchev–Trinajstić information content (AvgIpc) is 2.85. The van der Waals surface area contributed by atoms with Gasteiger partial charge in [0.1, 0.15) is 0 Å². The van der Waals surface area contributed by atoms with Gasteiger partial charge in [0, 0.05) is 6.20 Å². The molecule has 0 aliphatic heterocycles. The van der Waals surface area contributed by atoms with Gasteiger partial charge >= 0.3 is 0 Å². The number of alkyl halides is 2. The van der Waals surface area contributed by atoms with E-state index in [9.17, 15) is 18.0 Å². The number of fused-ring (bicyclic) bond motifs is 1. The van der Waals surface area contributed by atoms with Gasteiger partial charge < -0.3 is 0 Å². The van der Waals surface area contributed by atoms with Crippen molar-refractivity contribution in [1.82, 2.24) is 14.0 Å². The molecule has 7 heteroatoms. The predicted octanol–water partition coefficient (Wildman–Crippen LogP) is 3.43. The molecule has 4 nitrogen and oxygen atoms in total. The van der Waals surface area contributed by atoms with E-state index < -0.39 is 18.4 Å². The third-order valence-corrected chi connectivity index (χ3v) is 3.45. The summed E-state index contributed by atoms with van der Waals surface area (Å²) in [5.74, 6) is -0.318. The lowest BCUT2D eigenvalue weighted by Crippen LogP contribution is -2.21. The minimum atomic E-state index is -1.75. The zero-order valence-electron chi connectivity index (χ0n) is 13.0. The number of nitrogens with zero attached hydrogens (tertiary/aromatic N) is 3. The highest BCUT2D eigenvalue weighted by Crippen LogP contribution is 2.15. The maximum Gasteiger partial charge on any atom is 0.262 e. The Kier molecular flexibility index (Phi) is 4.88. The van der Waals surface area contributed by atoms with Gasteiger partial charge in [-0.2, -0.15) is 4.39 Å². The first-order valence-electron chi connectivity index (χ1n) is 6.86. The van der Waals surface area contributed by atoms with Crippen molar-refractivity contribution in [3.05, 3.63) is 63.6 Å². The van der Waals surface area contributed by atoms with E-state index in [4.69, 9.17) is 0 Å². The van der Waals surface area contributed by atoms with Crippen LogP contribution in [0.5, 0.6) is 0 Å². The molecular formula is C16H16F3N3O. The number of hydrogen-bond acceptors (Lipinski definition) is 2. The van der Waals surface area contributed by atoms with Crippen molar-refractivity contribution in [2.45, 2.75) is 20.8 Å². The fraction of sp³-hybridized carbons (Fsp3) is 0.250. The van der Waals surface area contributed by atoms with Crippen molar-refractivity contribution >= 4 is 5.78 Å². The molecule has 2 heterocycles. The maximum atomic E-state index is 13.8. The van der Waals surface area contributed by atoms with Crippen LogP contribution in [0.3, 0.4) is 0 Å². The van der Waals surface area contributed by atoms with E-state index in [2.05, 4.69) is 4.98 Å². The number of hydrogen-bond donors (Lipinski definition) is 0. The standard InChI is InChI=1S/C15H14FN3O.CH2F2/c1-9-4-5-12(6-10(9)2)19-14(20)7-13(16)18-8-11(3)17-15(18)19;2-1-3/h4-8H,1-3H3;1H2. The van der Waals surface area contributed by atoms with Crippen LogP contribution < -0.4 is 5.56 Å². The van der Waals surface area contributed by atoms with Gasteiger partial charge in [-0.15, -0.1) is 0 Å². The smallest absolute Gasteiger partial charge is 0.262 e. The Morgan fingerprint density at radius 1 is 1.09 bits per heavy atom. The molecule has 0 aliphatic carbocycles. The van der Waals surface area contributed by atoms with Crippen LogP contribution >= 0.6 is 0 Å². The van der Waals surface area contributed by atoms with E-state index in [1.54, 1.807) is 13.1 Å². The van der Waals surface area contributed by atoms with Crippen molar-refractivity contribution in [3.8, 4) is 5.69 Å². The second kappa shape index (κ2) is 6.68. The van der Waals surface area contributed by atoms with Gasteiger partial charge in [-0.05, 0) is 44.0 Å². The summed E-state index contributed by atoms with van der Waals surface area (Å²) in [5.41, 5.74) is 3.13. The minimum absolute atomic E-state index is 0.288. The van der Waals surface area contributed by atoms with E-state index >= 15 is 0 Å². The van der Waals surface area contributed by atoms with Gasteiger partial charge in [0.2, 0.25) is 18.7 Å². The first-order valence-corrected chi connectivity index (χ1v) is 6.86. The van der Waals surface area contributed by atoms with Crippen molar-refractivity contribution < 1.29 is 13.2 Å². The van der Waals surface area contributed by atoms with E-state index in [-0.39, 0.29) is 5.78 Å². The van der Waals surface area contributed by atoms with E-state index in [0.717, 1.165) is 17.2 Å². The highest BCUT2D eigenvalue weighted by molar-refractivity contribution is 5.47. The monoisotopic (exact) mass is 323 g/mol. The zero-order chi connectivity index (χ0) is 17.1. The molecule has 3 aromatic rings. The lowest BCUT2D eigenvalue weighted by atomic mass is 10.1. The van der Waals surface area contributed by atoms with Crippen molar-refractivity contribution in [3.63, 3.8) is 0 Å². The van der Waals surface area contributed by atoms with Gasteiger partial charge in [0.05, 0.1) is 17.4 Å². The molecule has 0 aliphatic rings. The van der Waals surface area contributed by atoms with Crippen LogP contribution in [0.2, 0.25) is 0 Å². The van der Waals surface area contributed by atoms with Crippen molar-refractivity contribution in [2.75, 3.05) is 6.93 Å². The van der Waals surface area contributed by atoms with Crippen molar-refractivity contribution in [1.29, 1.82) is 0 Å². The summed E-state index contributed by atoms with van der Waals surface area (Å²) in [4.78, 5) is 16.4. The first-order chi connectivity index (χ1) is 10.9. The zero-order valence-corrected chi connectivity index (χ0v) is 13.0. The number of imidazole rings is 1. The molecule has 0 unspecified atom stereocenters. The maximum absolute atomic E-state index is 13.8. The number of halogens is 3. The van der Waals surface area contributed by atoms with Crippen LogP contribution in [-0.4, -0.2) is 20.9 Å². The molecule has 0 N–H and O–H groups in total. The third kappa shape index (κ3) is 3.28. The lowest BCUT2D eigenvalue weighted by molar-refractivity contribution is 0.295. The van der Waals surface area contributed by atoms with Gasteiger partial charge in [-0.1, -0.05) is 6.07 Å². The second-order valence-corrected chi connectivity index (χ2v) is 5.06. The molecule has 0 fully saturated rings. The molecule has 0 bridgehead atoms. The molecule has 0 saturated heterocycles. The van der Waals surface area contributed by atoms with Gasteiger partial charge in [-0.3, -0.25) is 9.20 Å². The molecule has 122 valence electrons. The summed E-state index contributed by atoms with van der Waals surface area (Å²) in [6.45, 7) is 3.99. The number of rotatable bonds is 1. The van der Waals surface area contributed by atoms with E-state index in [1.807, 2.05) is 32.0 Å². The SMILES string of the molecule is Cc1cn2c(F)cc(=O)n(-c3ccc(C)c(C)c3)c2n1.FCF. The summed E-state index contributed by atoms with van der Waals surface area (Å²) in [6.07, 6.45) is 1.57. The molecule has 0 radical (unpaired) electrons. The summed E-state index contributed by atoms with van der Waals surface area (Å²) in [5, 5.41) is 0. The topological polar surface area (TPSA) is 39.3 Å². The molecule has 2 aromatic heterocycles. The predicted molar refractivity (Wildman–Crippen MR) is 82.0 cm³/mol. The minimum Gasteiger partial charge on any atom is -0.269 e. The Balaban J connectivity index is 0.000000595. The van der Waals surface area contributed by atoms with Gasteiger partial charge in [-0.25, -0.2) is 18.3 Å². The Hall–Kier alpha value is -2.57. The van der Waals surface area contributed by atoms with Gasteiger partial charge in [0.25, 0.3) is 5.56 Å². The van der Waals surface area contributed by atoms with Crippen LogP contribution in [0.4, 0.5) is 13.2 Å². The molecule has 23 heavy (non-hydrogen) atoms. The fourth-order valence-corrected chi connectivity index (χ4v) is 2.24. The van der Waals surface area contributed by atoms with E-state index in [0.29, 0.717) is 11.4 Å². The largest absolute Gasteiger partial charge is 0.269 e. The summed E-state index contributed by atoms with van der Waals surface area (Å²) in [6, 6.07) is 6.65. The number of aryl methyl sites for hydroxylation is 3. The third-order valence-electron chi connectivity index (χ3n) is 3.45. The molecule has 0 amide bonds. The molecule has 1 aromatic carbocycles. The Morgan fingerprint density at radius 2 is 1.74 bits per heavy atom. The Morgan fingerprint density at radius 3 is 2.35 bits per heavy atom. The number of aromatic nitrogens is 3. The van der Waals surface area contributed by atoms with Gasteiger partial charge in [0.15, 0.2) is 0 Å². The van der Waals surface area contributed by atoms with E-state index in [1.165, 1.54) is 8.97 Å². The van der Waals surface area contributed by atoms with Crippen LogP contribution in [0.15, 0.2) is 35.3 Å². The van der Waals surface area contributed by atoms with Crippen LogP contribution in [0.25, 0.3) is 11.5 Å². The molecule has 0 atom stereocenters. The average molecular weight is 323 g/mol. The quantitative estimate of drug-likeness (QED) is 0.644. The summed E-state index contributed by atoms with van der Waals surface area (Å²) >= 11 is 0. The molecular weight excluding hydrogens is 307 g/mol. The summed E-state index contributed by atoms with van der Waals surface area (Å²) in [7, 11) is 0. The molecule has 0 saturated carbocycles. The fourth-order valence-electron chi connectivity index (χ4n) is 2.24. The normalized spacial score (nSPS) is 10.5. The Labute approximate surface area is 130 Å². The molecule has 0 spiro atoms. The second-order valence-electron chi connectivity index (χ2n) is 5.06. The first kappa shape index (κ1) is 16.8. The number of benzene rings is 1. The van der Waals surface area contributed by atoms with Crippen LogP contribution in [-0.2, 0) is 0 Å². The Bertz CT molecular complexity index is 899.